The summed E-state index contributed by atoms with van der Waals surface area (Å²) in [6.45, 7) is 0. The first-order valence-electron chi connectivity index (χ1n) is 7.64. The maximum atomic E-state index is 10.4. The Bertz CT molecular complexity index is 748. The number of rotatable bonds is 6. The van der Waals surface area contributed by atoms with Crippen LogP contribution in [0.15, 0.2) is 42.5 Å². The summed E-state index contributed by atoms with van der Waals surface area (Å²) in [5.74, 6) is -1.43. The summed E-state index contributed by atoms with van der Waals surface area (Å²) in [4.78, 5) is 20.7. The molecule has 0 amide bonds. The molecule has 0 aliphatic rings. The number of aliphatic carboxylic acids is 2. The van der Waals surface area contributed by atoms with Crippen molar-refractivity contribution in [2.75, 3.05) is 0 Å². The fourth-order valence-corrected chi connectivity index (χ4v) is 2.51. The second-order valence-electron chi connectivity index (χ2n) is 5.49. The number of nitrogens with two attached hydrogens (primary N) is 1. The Hall–Kier alpha value is -2.33. The summed E-state index contributed by atoms with van der Waals surface area (Å²) in [6.07, 6.45) is 0.905. The number of phenols is 2. The number of carbonyl (C=O) groups is 2. The topological polar surface area (TPSA) is 141 Å². The Balaban J connectivity index is 0.000000260. The lowest BCUT2D eigenvalue weighted by Crippen LogP contribution is -2.32. The second kappa shape index (κ2) is 10.6. The van der Waals surface area contributed by atoms with Crippen molar-refractivity contribution in [2.45, 2.75) is 25.3 Å². The molecule has 1 atom stereocenters. The molecule has 0 radical (unpaired) electrons. The number of aryl methyl sites for hydroxylation is 1. The molecule has 2 aromatic carbocycles. The first kappa shape index (κ1) is 21.7. The van der Waals surface area contributed by atoms with Crippen LogP contribution in [0.2, 0.25) is 0 Å². The van der Waals surface area contributed by atoms with Gasteiger partial charge >= 0.3 is 11.9 Å². The summed E-state index contributed by atoms with van der Waals surface area (Å²) in [5.41, 5.74) is 7.06. The Labute approximate surface area is 164 Å². The van der Waals surface area contributed by atoms with Gasteiger partial charge < -0.3 is 26.2 Å². The Kier molecular flexibility index (Phi) is 8.86. The molecule has 6 N–H and O–H groups in total. The third kappa shape index (κ3) is 8.17. The van der Waals surface area contributed by atoms with Crippen LogP contribution in [0.25, 0.3) is 0 Å². The monoisotopic (exact) mass is 473 g/mol. The van der Waals surface area contributed by atoms with Crippen molar-refractivity contribution in [3.8, 4) is 11.5 Å². The van der Waals surface area contributed by atoms with Crippen LogP contribution in [0.5, 0.6) is 11.5 Å². The van der Waals surface area contributed by atoms with Crippen molar-refractivity contribution in [2.24, 2.45) is 5.73 Å². The highest BCUT2D eigenvalue weighted by Gasteiger charge is 2.11. The Morgan fingerprint density at radius 2 is 1.58 bits per heavy atom. The molecule has 0 unspecified atom stereocenters. The third-order valence-corrected chi connectivity index (χ3v) is 4.21. The van der Waals surface area contributed by atoms with Crippen LogP contribution >= 0.6 is 22.6 Å². The zero-order valence-corrected chi connectivity index (χ0v) is 16.0. The van der Waals surface area contributed by atoms with Crippen LogP contribution in [0.4, 0.5) is 0 Å². The number of phenolic OH excluding ortho intramolecular Hbond substituents is 2. The number of hydrogen-bond donors (Lipinski definition) is 5. The number of aromatic hydroxyl groups is 2. The highest BCUT2D eigenvalue weighted by molar-refractivity contribution is 14.1. The van der Waals surface area contributed by atoms with Gasteiger partial charge in [0.05, 0.1) is 3.57 Å². The molecule has 8 heteroatoms. The number of carboxylic acids is 2. The smallest absolute Gasteiger partial charge is 0.320 e. The first-order valence-corrected chi connectivity index (χ1v) is 8.72. The summed E-state index contributed by atoms with van der Waals surface area (Å²) < 4.78 is 0.750. The van der Waals surface area contributed by atoms with Gasteiger partial charge in [-0.3, -0.25) is 9.59 Å². The minimum Gasteiger partial charge on any atom is -0.508 e. The van der Waals surface area contributed by atoms with E-state index in [1.165, 1.54) is 12.1 Å². The molecular formula is C18H20INO6. The quantitative estimate of drug-likeness (QED) is 0.406. The van der Waals surface area contributed by atoms with E-state index in [2.05, 4.69) is 0 Å². The van der Waals surface area contributed by atoms with Gasteiger partial charge in [0.2, 0.25) is 0 Å². The zero-order chi connectivity index (χ0) is 19.7. The predicted molar refractivity (Wildman–Crippen MR) is 104 cm³/mol. The van der Waals surface area contributed by atoms with Gasteiger partial charge in [0.1, 0.15) is 17.5 Å². The van der Waals surface area contributed by atoms with Crippen molar-refractivity contribution < 1.29 is 30.0 Å². The van der Waals surface area contributed by atoms with Gasteiger partial charge in [-0.25, -0.2) is 0 Å². The maximum Gasteiger partial charge on any atom is 0.320 e. The molecule has 0 aliphatic heterocycles. The van der Waals surface area contributed by atoms with Crippen molar-refractivity contribution in [3.63, 3.8) is 0 Å². The molecule has 2 aromatic rings. The van der Waals surface area contributed by atoms with E-state index in [1.54, 1.807) is 30.3 Å². The zero-order valence-electron chi connectivity index (χ0n) is 13.8. The molecule has 0 aromatic heterocycles. The highest BCUT2D eigenvalue weighted by Crippen LogP contribution is 2.20. The Morgan fingerprint density at radius 1 is 1.00 bits per heavy atom. The molecular weight excluding hydrogens is 453 g/mol. The predicted octanol–water partition coefficient (Wildman–Crippen LogP) is 2.36. The maximum absolute atomic E-state index is 10.4. The SMILES string of the molecule is N[C@@H](Cc1ccc(O)cc1)C(=O)O.O=C(O)CCc1ccc(O)c(I)c1. The van der Waals surface area contributed by atoms with Crippen LogP contribution in [0.3, 0.4) is 0 Å². The summed E-state index contributed by atoms with van der Waals surface area (Å²) in [5, 5.41) is 35.1. The molecule has 0 aliphatic carbocycles. The van der Waals surface area contributed by atoms with Gasteiger partial charge in [0, 0.05) is 6.42 Å². The van der Waals surface area contributed by atoms with Gasteiger partial charge in [-0.1, -0.05) is 18.2 Å². The molecule has 7 nitrogen and oxygen atoms in total. The third-order valence-electron chi connectivity index (χ3n) is 3.35. The first-order chi connectivity index (χ1) is 12.2. The lowest BCUT2D eigenvalue weighted by Gasteiger charge is -2.05. The van der Waals surface area contributed by atoms with Crippen molar-refractivity contribution in [1.29, 1.82) is 0 Å². The van der Waals surface area contributed by atoms with Gasteiger partial charge in [0.25, 0.3) is 0 Å². The van der Waals surface area contributed by atoms with Crippen LogP contribution < -0.4 is 5.73 Å². The van der Waals surface area contributed by atoms with E-state index < -0.39 is 18.0 Å². The number of carboxylic acid groups (broad SMARTS) is 2. The van der Waals surface area contributed by atoms with E-state index >= 15 is 0 Å². The number of benzene rings is 2. The van der Waals surface area contributed by atoms with Crippen LogP contribution in [-0.4, -0.2) is 38.4 Å². The van der Waals surface area contributed by atoms with Crippen molar-refractivity contribution >= 4 is 34.5 Å². The normalized spacial score (nSPS) is 11.2. The molecule has 0 spiro atoms. The number of hydrogen-bond acceptors (Lipinski definition) is 5. The van der Waals surface area contributed by atoms with Gasteiger partial charge in [-0.15, -0.1) is 0 Å². The van der Waals surface area contributed by atoms with E-state index in [1.807, 2.05) is 22.6 Å². The molecule has 26 heavy (non-hydrogen) atoms. The van der Waals surface area contributed by atoms with Gasteiger partial charge in [0.15, 0.2) is 0 Å². The summed E-state index contributed by atoms with van der Waals surface area (Å²) in [7, 11) is 0. The molecule has 0 fully saturated rings. The van der Waals surface area contributed by atoms with Gasteiger partial charge in [-0.05, 0) is 70.8 Å². The largest absolute Gasteiger partial charge is 0.508 e. The average Bonchev–Trinajstić information content (AvgIpc) is 2.58. The fraction of sp³-hybridized carbons (Fsp3) is 0.222. The van der Waals surface area contributed by atoms with Gasteiger partial charge in [-0.2, -0.15) is 0 Å². The summed E-state index contributed by atoms with van der Waals surface area (Å²) >= 11 is 2.01. The fourth-order valence-electron chi connectivity index (χ4n) is 1.93. The standard InChI is InChI=1S/C9H9IO3.C9H11NO3/c10-7-5-6(1-3-8(7)11)2-4-9(12)13;10-8(9(12)13)5-6-1-3-7(11)4-2-6/h1,3,5,11H,2,4H2,(H,12,13);1-4,8,11H,5,10H2,(H,12,13)/t;8-/m.0/s1. The lowest BCUT2D eigenvalue weighted by atomic mass is 10.1. The van der Waals surface area contributed by atoms with Crippen molar-refractivity contribution in [1.82, 2.24) is 0 Å². The molecule has 0 saturated carbocycles. The van der Waals surface area contributed by atoms with Crippen LogP contribution in [-0.2, 0) is 22.4 Å². The van der Waals surface area contributed by atoms with E-state index in [-0.39, 0.29) is 24.3 Å². The van der Waals surface area contributed by atoms with Crippen LogP contribution in [0.1, 0.15) is 17.5 Å². The molecule has 0 saturated heterocycles. The van der Waals surface area contributed by atoms with E-state index in [9.17, 15) is 14.7 Å². The second-order valence-corrected chi connectivity index (χ2v) is 6.66. The molecule has 0 bridgehead atoms. The van der Waals surface area contributed by atoms with E-state index in [0.29, 0.717) is 6.42 Å². The lowest BCUT2D eigenvalue weighted by molar-refractivity contribution is -0.138. The minimum absolute atomic E-state index is 0.126. The average molecular weight is 473 g/mol. The van der Waals surface area contributed by atoms with E-state index in [4.69, 9.17) is 21.1 Å². The van der Waals surface area contributed by atoms with Crippen LogP contribution in [0, 0.1) is 3.57 Å². The molecule has 2 rings (SSSR count). The summed E-state index contributed by atoms with van der Waals surface area (Å²) in [6, 6.07) is 10.5. The number of halogens is 1. The molecule has 140 valence electrons. The minimum atomic E-state index is -1.02. The Morgan fingerprint density at radius 3 is 2.08 bits per heavy atom. The highest BCUT2D eigenvalue weighted by atomic mass is 127. The molecule has 0 heterocycles. The van der Waals surface area contributed by atoms with E-state index in [0.717, 1.165) is 14.7 Å². The van der Waals surface area contributed by atoms with Crippen molar-refractivity contribution in [3.05, 3.63) is 57.2 Å².